The predicted octanol–water partition coefficient (Wildman–Crippen LogP) is 4.01. The molecule has 0 bridgehead atoms. The topological polar surface area (TPSA) is 61.4 Å². The summed E-state index contributed by atoms with van der Waals surface area (Å²) in [7, 11) is 1.16. The lowest BCUT2D eigenvalue weighted by molar-refractivity contribution is -0.141. The second-order valence-corrected chi connectivity index (χ2v) is 8.41. The van der Waals surface area contributed by atoms with Gasteiger partial charge in [-0.15, -0.1) is 4.72 Å². The van der Waals surface area contributed by atoms with Crippen LogP contribution in [0.15, 0.2) is 18.2 Å². The van der Waals surface area contributed by atoms with Crippen molar-refractivity contribution in [2.75, 3.05) is 7.11 Å². The number of hydrogen-bond acceptors (Lipinski definition) is 4. The Labute approximate surface area is 147 Å². The van der Waals surface area contributed by atoms with Crippen LogP contribution in [0.3, 0.4) is 0 Å². The van der Waals surface area contributed by atoms with Gasteiger partial charge >= 0.3 is 12.1 Å². The molecule has 0 saturated heterocycles. The van der Waals surface area contributed by atoms with E-state index >= 15 is 0 Å². The van der Waals surface area contributed by atoms with E-state index in [1.165, 1.54) is 12.1 Å². The molecule has 1 aromatic carbocycles. The molecule has 4 nitrogen and oxygen atoms in total. The van der Waals surface area contributed by atoms with Crippen molar-refractivity contribution >= 4 is 28.9 Å². The minimum Gasteiger partial charge on any atom is -0.598 e. The van der Waals surface area contributed by atoms with Crippen LogP contribution < -0.4 is 4.72 Å². The number of carbonyl (C=O) groups is 1. The van der Waals surface area contributed by atoms with Crippen LogP contribution in [0.4, 0.5) is 13.2 Å². The Kier molecular flexibility index (Phi) is 6.98. The number of hydrogen-bond donors (Lipinski definition) is 1. The fourth-order valence-corrected chi connectivity index (χ4v) is 3.00. The third-order valence-corrected chi connectivity index (χ3v) is 5.15. The Morgan fingerprint density at radius 2 is 1.96 bits per heavy atom. The van der Waals surface area contributed by atoms with Gasteiger partial charge in [0.05, 0.1) is 30.2 Å². The Bertz CT molecular complexity index is 590. The van der Waals surface area contributed by atoms with Gasteiger partial charge in [-0.1, -0.05) is 23.7 Å². The number of alkyl halides is 3. The molecule has 0 saturated carbocycles. The monoisotopic (exact) mass is 385 g/mol. The average molecular weight is 386 g/mol. The quantitative estimate of drug-likeness (QED) is 0.614. The van der Waals surface area contributed by atoms with E-state index in [1.54, 1.807) is 20.8 Å². The van der Waals surface area contributed by atoms with Crippen molar-refractivity contribution < 1.29 is 27.3 Å². The molecule has 0 aliphatic carbocycles. The number of halogens is 4. The molecular weight excluding hydrogens is 367 g/mol. The first-order chi connectivity index (χ1) is 10.9. The van der Waals surface area contributed by atoms with E-state index in [2.05, 4.69) is 9.46 Å². The molecule has 1 N–H and O–H groups in total. The number of nitrogens with one attached hydrogen (secondary N) is 1. The summed E-state index contributed by atoms with van der Waals surface area (Å²) in [5.41, 5.74) is -0.977. The first kappa shape index (κ1) is 21.1. The van der Waals surface area contributed by atoms with Gasteiger partial charge in [-0.05, 0) is 32.4 Å². The SMILES string of the molecule is COC(=O)C[C@H](N[S+]([O-])C(C)(C)C)c1cccc(C(F)(F)F)c1Cl. The highest BCUT2D eigenvalue weighted by atomic mass is 35.5. The first-order valence-corrected chi connectivity index (χ1v) is 8.51. The van der Waals surface area contributed by atoms with E-state index in [4.69, 9.17) is 11.6 Å². The van der Waals surface area contributed by atoms with E-state index < -0.39 is 44.9 Å². The van der Waals surface area contributed by atoms with Gasteiger partial charge in [0.15, 0.2) is 0 Å². The summed E-state index contributed by atoms with van der Waals surface area (Å²) in [5.74, 6) is -0.660. The van der Waals surface area contributed by atoms with Crippen molar-refractivity contribution in [2.24, 2.45) is 0 Å². The molecule has 136 valence electrons. The maximum absolute atomic E-state index is 13.0. The maximum atomic E-state index is 13.0. The van der Waals surface area contributed by atoms with E-state index in [0.29, 0.717) is 0 Å². The van der Waals surface area contributed by atoms with Crippen molar-refractivity contribution in [1.29, 1.82) is 0 Å². The molecule has 0 spiro atoms. The lowest BCUT2D eigenvalue weighted by Gasteiger charge is -2.28. The average Bonchev–Trinajstić information content (AvgIpc) is 2.44. The van der Waals surface area contributed by atoms with Crippen LogP contribution >= 0.6 is 11.6 Å². The number of methoxy groups -OCH3 is 1. The second kappa shape index (κ2) is 7.95. The van der Waals surface area contributed by atoms with E-state index in [0.717, 1.165) is 13.2 Å². The molecule has 1 rings (SSSR count). The molecule has 0 amide bonds. The molecule has 0 aromatic heterocycles. The molecule has 0 heterocycles. The molecular formula is C15H19ClF3NO3S. The third-order valence-electron chi connectivity index (χ3n) is 3.11. The highest BCUT2D eigenvalue weighted by Crippen LogP contribution is 2.39. The summed E-state index contributed by atoms with van der Waals surface area (Å²) < 4.78 is 57.9. The summed E-state index contributed by atoms with van der Waals surface area (Å²) >= 11 is 4.28. The number of benzene rings is 1. The van der Waals surface area contributed by atoms with E-state index in [1.807, 2.05) is 0 Å². The third kappa shape index (κ3) is 5.54. The summed E-state index contributed by atoms with van der Waals surface area (Å²) in [5, 5.41) is -0.530. The fourth-order valence-electron chi connectivity index (χ4n) is 1.81. The van der Waals surface area contributed by atoms with E-state index in [-0.39, 0.29) is 12.0 Å². The van der Waals surface area contributed by atoms with Crippen LogP contribution in [-0.4, -0.2) is 22.4 Å². The van der Waals surface area contributed by atoms with Gasteiger partial charge < -0.3 is 9.29 Å². The summed E-state index contributed by atoms with van der Waals surface area (Å²) in [6, 6.07) is 2.42. The normalized spacial score (nSPS) is 15.0. The van der Waals surface area contributed by atoms with Crippen LogP contribution in [0.25, 0.3) is 0 Å². The lowest BCUT2D eigenvalue weighted by atomic mass is 10.0. The van der Waals surface area contributed by atoms with Crippen LogP contribution in [0.1, 0.15) is 44.4 Å². The molecule has 1 aromatic rings. The van der Waals surface area contributed by atoms with Gasteiger partial charge in [0, 0.05) is 11.4 Å². The molecule has 0 aliphatic rings. The summed E-state index contributed by atoms with van der Waals surface area (Å²) in [6.07, 6.45) is -4.94. The van der Waals surface area contributed by atoms with Gasteiger partial charge in [-0.2, -0.15) is 13.2 Å². The molecule has 1 unspecified atom stereocenters. The van der Waals surface area contributed by atoms with E-state index in [9.17, 15) is 22.5 Å². The van der Waals surface area contributed by atoms with Crippen molar-refractivity contribution in [3.63, 3.8) is 0 Å². The van der Waals surface area contributed by atoms with Gasteiger partial charge in [-0.3, -0.25) is 4.79 Å². The summed E-state index contributed by atoms with van der Waals surface area (Å²) in [4.78, 5) is 11.6. The molecule has 0 aliphatic heterocycles. The number of carbonyl (C=O) groups excluding carboxylic acids is 1. The smallest absolute Gasteiger partial charge is 0.417 e. The predicted molar refractivity (Wildman–Crippen MR) is 86.9 cm³/mol. The van der Waals surface area contributed by atoms with Crippen LogP contribution in [0.2, 0.25) is 5.02 Å². The van der Waals surface area contributed by atoms with Gasteiger partial charge in [0.1, 0.15) is 4.75 Å². The van der Waals surface area contributed by atoms with Crippen LogP contribution in [0, 0.1) is 0 Å². The zero-order valence-corrected chi connectivity index (χ0v) is 15.2. The van der Waals surface area contributed by atoms with Gasteiger partial charge in [0.2, 0.25) is 0 Å². The van der Waals surface area contributed by atoms with Crippen molar-refractivity contribution in [3.8, 4) is 0 Å². The van der Waals surface area contributed by atoms with Crippen molar-refractivity contribution in [1.82, 2.24) is 4.72 Å². The van der Waals surface area contributed by atoms with Gasteiger partial charge in [-0.25, -0.2) is 0 Å². The minimum absolute atomic E-state index is 0.0366. The maximum Gasteiger partial charge on any atom is 0.417 e. The number of esters is 1. The first-order valence-electron chi connectivity index (χ1n) is 6.98. The van der Waals surface area contributed by atoms with Crippen LogP contribution in [-0.2, 0) is 27.1 Å². The highest BCUT2D eigenvalue weighted by molar-refractivity contribution is 7.90. The van der Waals surface area contributed by atoms with Gasteiger partial charge in [0.25, 0.3) is 0 Å². The molecule has 9 heteroatoms. The standard InChI is InChI=1S/C15H19ClF3NO3S/c1-14(2,3)24(22)20-11(8-12(21)23-4)9-6-5-7-10(13(9)16)15(17,18)19/h5-7,11,20H,8H2,1-4H3/t11-,24?/m0/s1. The highest BCUT2D eigenvalue weighted by Gasteiger charge is 2.37. The van der Waals surface area contributed by atoms with Crippen LogP contribution in [0.5, 0.6) is 0 Å². The van der Waals surface area contributed by atoms with Crippen molar-refractivity contribution in [3.05, 3.63) is 34.3 Å². The zero-order chi connectivity index (χ0) is 18.7. The Morgan fingerprint density at radius 3 is 2.42 bits per heavy atom. The minimum atomic E-state index is -4.63. The summed E-state index contributed by atoms with van der Waals surface area (Å²) in [6.45, 7) is 5.08. The molecule has 2 atom stereocenters. The lowest BCUT2D eigenvalue weighted by Crippen LogP contribution is -2.42. The number of rotatable bonds is 5. The zero-order valence-electron chi connectivity index (χ0n) is 13.7. The Hall–Kier alpha value is -0.960. The molecule has 0 radical (unpaired) electrons. The Morgan fingerprint density at radius 1 is 1.38 bits per heavy atom. The largest absolute Gasteiger partial charge is 0.598 e. The second-order valence-electron chi connectivity index (χ2n) is 6.04. The van der Waals surface area contributed by atoms with Crippen molar-refractivity contribution in [2.45, 2.75) is 44.2 Å². The molecule has 0 fully saturated rings. The molecule has 24 heavy (non-hydrogen) atoms. The Balaban J connectivity index is 3.27. The number of ether oxygens (including phenoxy) is 1. The fraction of sp³-hybridized carbons (Fsp3) is 0.533.